The molecule has 0 radical (unpaired) electrons. The van der Waals surface area contributed by atoms with E-state index in [1.165, 1.54) is 0 Å². The van der Waals surface area contributed by atoms with Crippen LogP contribution in [0.2, 0.25) is 0 Å². The van der Waals surface area contributed by atoms with Crippen molar-refractivity contribution < 1.29 is 4.79 Å². The fourth-order valence-electron chi connectivity index (χ4n) is 3.40. The zero-order valence-electron chi connectivity index (χ0n) is 14.4. The smallest absolute Gasteiger partial charge is 0.272 e. The molecule has 3 aromatic rings. The van der Waals surface area contributed by atoms with Crippen molar-refractivity contribution >= 4 is 22.8 Å². The van der Waals surface area contributed by atoms with E-state index in [2.05, 4.69) is 25.3 Å². The van der Waals surface area contributed by atoms with Gasteiger partial charge in [-0.2, -0.15) is 5.10 Å². The van der Waals surface area contributed by atoms with Gasteiger partial charge in [-0.15, -0.1) is 0 Å². The number of aromatic nitrogens is 5. The van der Waals surface area contributed by atoms with Crippen molar-refractivity contribution in [3.8, 4) is 0 Å². The number of rotatable bonds is 3. The third-order valence-corrected chi connectivity index (χ3v) is 4.64. The first-order chi connectivity index (χ1) is 12.1. The number of carbonyl (C=O) groups is 1. The van der Waals surface area contributed by atoms with Gasteiger partial charge in [0.2, 0.25) is 0 Å². The lowest BCUT2D eigenvalue weighted by Crippen LogP contribution is -2.48. The van der Waals surface area contributed by atoms with Gasteiger partial charge in [0.1, 0.15) is 23.5 Å². The molecule has 1 amide bonds. The van der Waals surface area contributed by atoms with Crippen molar-refractivity contribution in [2.45, 2.75) is 18.9 Å². The molecule has 1 fully saturated rings. The third-order valence-electron chi connectivity index (χ3n) is 4.64. The number of fused-ring (bicyclic) bond motifs is 1. The topological polar surface area (TPSA) is 80.9 Å². The maximum atomic E-state index is 12.4. The van der Waals surface area contributed by atoms with Gasteiger partial charge in [-0.3, -0.25) is 9.48 Å². The van der Waals surface area contributed by atoms with E-state index in [0.29, 0.717) is 5.69 Å². The first-order valence-corrected chi connectivity index (χ1v) is 8.43. The lowest BCUT2D eigenvalue weighted by molar-refractivity contribution is 0.0927. The third kappa shape index (κ3) is 2.95. The maximum Gasteiger partial charge on any atom is 0.272 e. The summed E-state index contributed by atoms with van der Waals surface area (Å²) in [6.07, 6.45) is 7.33. The van der Waals surface area contributed by atoms with Crippen LogP contribution < -0.4 is 10.2 Å². The van der Waals surface area contributed by atoms with Crippen LogP contribution in [0.25, 0.3) is 11.0 Å². The van der Waals surface area contributed by atoms with Gasteiger partial charge >= 0.3 is 0 Å². The molecule has 1 aliphatic heterocycles. The summed E-state index contributed by atoms with van der Waals surface area (Å²) < 4.78 is 3.62. The molecular weight excluding hydrogens is 318 g/mol. The molecule has 0 bridgehead atoms. The first kappa shape index (κ1) is 15.6. The highest BCUT2D eigenvalue weighted by Gasteiger charge is 2.25. The average molecular weight is 339 g/mol. The largest absolute Gasteiger partial charge is 0.354 e. The van der Waals surface area contributed by atoms with Gasteiger partial charge in [-0.1, -0.05) is 0 Å². The number of hydrogen-bond donors (Lipinski definition) is 1. The highest BCUT2D eigenvalue weighted by Crippen LogP contribution is 2.26. The molecule has 1 N–H and O–H groups in total. The molecule has 0 aromatic carbocycles. The quantitative estimate of drug-likeness (QED) is 0.773. The zero-order valence-corrected chi connectivity index (χ0v) is 14.4. The Labute approximate surface area is 145 Å². The van der Waals surface area contributed by atoms with Gasteiger partial charge in [-0.25, -0.2) is 9.97 Å². The van der Waals surface area contributed by atoms with Crippen LogP contribution in [0.1, 0.15) is 23.3 Å². The predicted molar refractivity (Wildman–Crippen MR) is 94.4 cm³/mol. The van der Waals surface area contributed by atoms with Crippen molar-refractivity contribution in [1.82, 2.24) is 29.6 Å². The second-order valence-corrected chi connectivity index (χ2v) is 6.49. The van der Waals surface area contributed by atoms with Gasteiger partial charge < -0.3 is 14.8 Å². The molecule has 8 heteroatoms. The van der Waals surface area contributed by atoms with E-state index in [1.54, 1.807) is 30.3 Å². The second-order valence-electron chi connectivity index (χ2n) is 6.49. The van der Waals surface area contributed by atoms with Crippen LogP contribution in [0.5, 0.6) is 0 Å². The summed E-state index contributed by atoms with van der Waals surface area (Å²) in [5.74, 6) is 0.808. The molecule has 0 aliphatic carbocycles. The number of nitrogens with zero attached hydrogens (tertiary/aromatic N) is 6. The number of nitrogens with one attached hydrogen (secondary N) is 1. The summed E-state index contributed by atoms with van der Waals surface area (Å²) in [5, 5.41) is 8.30. The van der Waals surface area contributed by atoms with E-state index in [4.69, 9.17) is 0 Å². The number of anilines is 1. The van der Waals surface area contributed by atoms with Crippen LogP contribution in [-0.2, 0) is 14.1 Å². The van der Waals surface area contributed by atoms with Gasteiger partial charge in [-0.05, 0) is 25.0 Å². The molecule has 1 aliphatic rings. The van der Waals surface area contributed by atoms with E-state index >= 15 is 0 Å². The highest BCUT2D eigenvalue weighted by molar-refractivity contribution is 5.92. The molecule has 0 spiro atoms. The van der Waals surface area contributed by atoms with Crippen LogP contribution in [0.3, 0.4) is 0 Å². The Bertz CT molecular complexity index is 913. The van der Waals surface area contributed by atoms with E-state index in [-0.39, 0.29) is 11.9 Å². The summed E-state index contributed by atoms with van der Waals surface area (Å²) in [6, 6.07) is 3.85. The Hall–Kier alpha value is -2.90. The Morgan fingerprint density at radius 3 is 2.92 bits per heavy atom. The van der Waals surface area contributed by atoms with Crippen molar-refractivity contribution in [2.75, 3.05) is 18.0 Å². The second kappa shape index (κ2) is 6.19. The molecule has 1 atom stereocenters. The molecule has 130 valence electrons. The lowest BCUT2D eigenvalue weighted by Gasteiger charge is -2.34. The first-order valence-electron chi connectivity index (χ1n) is 8.43. The minimum Gasteiger partial charge on any atom is -0.354 e. The van der Waals surface area contributed by atoms with Crippen LogP contribution in [0, 0.1) is 0 Å². The summed E-state index contributed by atoms with van der Waals surface area (Å²) in [7, 11) is 3.78. The summed E-state index contributed by atoms with van der Waals surface area (Å²) >= 11 is 0. The number of piperidine rings is 1. The van der Waals surface area contributed by atoms with Crippen molar-refractivity contribution in [2.24, 2.45) is 14.1 Å². The Kier molecular flexibility index (Phi) is 3.87. The van der Waals surface area contributed by atoms with Gasteiger partial charge in [0.25, 0.3) is 5.91 Å². The molecule has 1 unspecified atom stereocenters. The minimum absolute atomic E-state index is 0.0805. The van der Waals surface area contributed by atoms with Crippen molar-refractivity contribution in [3.63, 3.8) is 0 Å². The predicted octanol–water partition coefficient (Wildman–Crippen LogP) is 1.10. The van der Waals surface area contributed by atoms with E-state index in [9.17, 15) is 4.79 Å². The summed E-state index contributed by atoms with van der Waals surface area (Å²) in [6.45, 7) is 1.66. The number of amides is 1. The molecule has 8 nitrogen and oxygen atoms in total. The van der Waals surface area contributed by atoms with Gasteiger partial charge in [0.05, 0.1) is 5.39 Å². The number of aryl methyl sites for hydroxylation is 2. The summed E-state index contributed by atoms with van der Waals surface area (Å²) in [4.78, 5) is 23.4. The number of carbonyl (C=O) groups excluding carboxylic acids is 1. The fourth-order valence-corrected chi connectivity index (χ4v) is 3.40. The van der Waals surface area contributed by atoms with Crippen LogP contribution in [0.4, 0.5) is 5.82 Å². The highest BCUT2D eigenvalue weighted by atomic mass is 16.2. The van der Waals surface area contributed by atoms with Gasteiger partial charge in [0.15, 0.2) is 0 Å². The van der Waals surface area contributed by atoms with Gasteiger partial charge in [0, 0.05) is 45.6 Å². The molecule has 4 rings (SSSR count). The van der Waals surface area contributed by atoms with Crippen LogP contribution in [-0.4, -0.2) is 49.4 Å². The van der Waals surface area contributed by atoms with Crippen LogP contribution >= 0.6 is 0 Å². The summed E-state index contributed by atoms with van der Waals surface area (Å²) in [5.41, 5.74) is 1.37. The molecule has 0 saturated carbocycles. The maximum absolute atomic E-state index is 12.4. The molecule has 4 heterocycles. The molecule has 1 saturated heterocycles. The van der Waals surface area contributed by atoms with Crippen molar-refractivity contribution in [3.05, 3.63) is 36.5 Å². The average Bonchev–Trinajstić information content (AvgIpc) is 3.21. The minimum atomic E-state index is -0.125. The Balaban J connectivity index is 1.51. The monoisotopic (exact) mass is 339 g/mol. The molecule has 25 heavy (non-hydrogen) atoms. The van der Waals surface area contributed by atoms with E-state index < -0.39 is 0 Å². The normalized spacial score (nSPS) is 17.8. The zero-order chi connectivity index (χ0) is 17.4. The van der Waals surface area contributed by atoms with E-state index in [0.717, 1.165) is 42.8 Å². The standard InChI is InChI=1S/C17H21N7O/c1-22-8-5-13-15(22)18-11-19-16(13)24-7-3-4-12(10-24)20-17(25)14-6-9-23(2)21-14/h5-6,8-9,11-12H,3-4,7,10H2,1-2H3,(H,20,25). The SMILES string of the molecule is Cn1ccc(C(=O)NC2CCCN(c3ncnc4c3ccn4C)C2)n1. The Morgan fingerprint density at radius 2 is 2.12 bits per heavy atom. The van der Waals surface area contributed by atoms with E-state index in [1.807, 2.05) is 23.9 Å². The Morgan fingerprint density at radius 1 is 1.24 bits per heavy atom. The van der Waals surface area contributed by atoms with Crippen LogP contribution in [0.15, 0.2) is 30.9 Å². The van der Waals surface area contributed by atoms with Crippen molar-refractivity contribution in [1.29, 1.82) is 0 Å². The fraction of sp³-hybridized carbons (Fsp3) is 0.412. The number of hydrogen-bond acceptors (Lipinski definition) is 5. The molecular formula is C17H21N7O. The lowest BCUT2D eigenvalue weighted by atomic mass is 10.1. The molecule has 3 aromatic heterocycles.